The molecule has 0 spiro atoms. The van der Waals surface area contributed by atoms with E-state index in [4.69, 9.17) is 4.42 Å². The summed E-state index contributed by atoms with van der Waals surface area (Å²) in [6, 6.07) is 15.4. The normalized spacial score (nSPS) is 15.7. The van der Waals surface area contributed by atoms with E-state index in [-0.39, 0.29) is 37.4 Å². The predicted molar refractivity (Wildman–Crippen MR) is 117 cm³/mol. The van der Waals surface area contributed by atoms with Crippen LogP contribution in [0.15, 0.2) is 71.3 Å². The fraction of sp³-hybridized carbons (Fsp3) is 0.192. The largest absolute Gasteiger partial charge is 0.464 e. The van der Waals surface area contributed by atoms with Crippen LogP contribution in [0.25, 0.3) is 33.2 Å². The van der Waals surface area contributed by atoms with Gasteiger partial charge in [0.15, 0.2) is 0 Å². The van der Waals surface area contributed by atoms with Gasteiger partial charge in [-0.1, -0.05) is 12.1 Å². The van der Waals surface area contributed by atoms with Gasteiger partial charge in [-0.2, -0.15) is 0 Å². The number of carbonyl (C=O) groups is 1. The van der Waals surface area contributed by atoms with Crippen molar-refractivity contribution in [3.8, 4) is 22.3 Å². The van der Waals surface area contributed by atoms with Gasteiger partial charge < -0.3 is 9.32 Å². The quantitative estimate of drug-likeness (QED) is 0.316. The van der Waals surface area contributed by atoms with Crippen molar-refractivity contribution in [2.45, 2.75) is 18.8 Å². The van der Waals surface area contributed by atoms with Crippen LogP contribution in [0.2, 0.25) is 0 Å². The lowest BCUT2D eigenvalue weighted by atomic mass is 9.95. The van der Waals surface area contributed by atoms with Crippen molar-refractivity contribution < 1.29 is 26.8 Å². The molecular weight excluding hydrogens is 434 g/mol. The number of amides is 1. The zero-order chi connectivity index (χ0) is 23.2. The van der Waals surface area contributed by atoms with Crippen LogP contribution < -0.4 is 0 Å². The molecular formula is C26H19F4NO2. The zero-order valence-electron chi connectivity index (χ0n) is 17.5. The molecule has 0 unspecified atom stereocenters. The molecule has 0 aliphatic carbocycles. The standard InChI is InChI=1S/C26H19F4NO2/c27-20-5-6-23(28)21(15-20)22-14-19(13-18-7-12-33-24(18)22)16-1-3-17(4-2-16)25(32)31-10-8-26(29,30)9-11-31/h1-7,12-15H,8-11H2. The number of rotatable bonds is 3. The molecule has 0 N–H and O–H groups in total. The van der Waals surface area contributed by atoms with Crippen LogP contribution >= 0.6 is 0 Å². The highest BCUT2D eigenvalue weighted by Crippen LogP contribution is 2.36. The van der Waals surface area contributed by atoms with Crippen molar-refractivity contribution in [3.05, 3.63) is 84.1 Å². The van der Waals surface area contributed by atoms with Crippen molar-refractivity contribution in [2.75, 3.05) is 13.1 Å². The Morgan fingerprint density at radius 3 is 2.30 bits per heavy atom. The summed E-state index contributed by atoms with van der Waals surface area (Å²) in [7, 11) is 0. The zero-order valence-corrected chi connectivity index (χ0v) is 17.5. The molecule has 3 aromatic carbocycles. The first kappa shape index (κ1) is 21.2. The number of likely N-dealkylation sites (tertiary alicyclic amines) is 1. The lowest BCUT2D eigenvalue weighted by Crippen LogP contribution is -2.42. The highest BCUT2D eigenvalue weighted by molar-refractivity contribution is 5.98. The smallest absolute Gasteiger partial charge is 0.253 e. The molecule has 33 heavy (non-hydrogen) atoms. The van der Waals surface area contributed by atoms with Crippen LogP contribution in [0, 0.1) is 11.6 Å². The van der Waals surface area contributed by atoms with Gasteiger partial charge in [-0.15, -0.1) is 0 Å². The molecule has 7 heteroatoms. The third-order valence-electron chi connectivity index (χ3n) is 6.02. The summed E-state index contributed by atoms with van der Waals surface area (Å²) in [5.74, 6) is -4.13. The monoisotopic (exact) mass is 453 g/mol. The van der Waals surface area contributed by atoms with E-state index in [1.165, 1.54) is 11.2 Å². The van der Waals surface area contributed by atoms with Crippen molar-refractivity contribution in [3.63, 3.8) is 0 Å². The first-order valence-corrected chi connectivity index (χ1v) is 10.5. The fourth-order valence-electron chi connectivity index (χ4n) is 4.18. The highest BCUT2D eigenvalue weighted by atomic mass is 19.3. The van der Waals surface area contributed by atoms with Crippen molar-refractivity contribution in [1.29, 1.82) is 0 Å². The summed E-state index contributed by atoms with van der Waals surface area (Å²) in [5.41, 5.74) is 2.85. The van der Waals surface area contributed by atoms with E-state index in [0.717, 1.165) is 34.7 Å². The maximum Gasteiger partial charge on any atom is 0.253 e. The summed E-state index contributed by atoms with van der Waals surface area (Å²) < 4.78 is 60.6. The molecule has 1 aliphatic heterocycles. The van der Waals surface area contributed by atoms with Gasteiger partial charge in [0, 0.05) is 48.0 Å². The first-order chi connectivity index (χ1) is 15.8. The lowest BCUT2D eigenvalue weighted by Gasteiger charge is -2.31. The van der Waals surface area contributed by atoms with E-state index < -0.39 is 17.6 Å². The molecule has 0 atom stereocenters. The van der Waals surface area contributed by atoms with Gasteiger partial charge in [-0.25, -0.2) is 17.6 Å². The second-order valence-corrected chi connectivity index (χ2v) is 8.21. The fourth-order valence-corrected chi connectivity index (χ4v) is 4.18. The molecule has 0 bridgehead atoms. The van der Waals surface area contributed by atoms with Crippen LogP contribution in [0.4, 0.5) is 17.6 Å². The van der Waals surface area contributed by atoms with E-state index in [2.05, 4.69) is 0 Å². The minimum atomic E-state index is -2.72. The van der Waals surface area contributed by atoms with Gasteiger partial charge in [-0.3, -0.25) is 4.79 Å². The molecule has 1 aromatic heterocycles. The lowest BCUT2D eigenvalue weighted by molar-refractivity contribution is -0.0494. The van der Waals surface area contributed by atoms with E-state index in [1.54, 1.807) is 36.4 Å². The minimum absolute atomic E-state index is 0.0211. The third kappa shape index (κ3) is 4.11. The molecule has 2 heterocycles. The number of piperidine rings is 1. The number of alkyl halides is 2. The molecule has 5 rings (SSSR count). The second-order valence-electron chi connectivity index (χ2n) is 8.21. The average Bonchev–Trinajstić information content (AvgIpc) is 3.29. The van der Waals surface area contributed by atoms with Gasteiger partial charge in [0.2, 0.25) is 0 Å². The first-order valence-electron chi connectivity index (χ1n) is 10.5. The van der Waals surface area contributed by atoms with Crippen LogP contribution in [0.5, 0.6) is 0 Å². The maximum atomic E-state index is 14.5. The van der Waals surface area contributed by atoms with Crippen LogP contribution in [0.1, 0.15) is 23.2 Å². The van der Waals surface area contributed by atoms with Crippen molar-refractivity contribution in [1.82, 2.24) is 4.90 Å². The number of benzene rings is 3. The van der Waals surface area contributed by atoms with Gasteiger partial charge >= 0.3 is 0 Å². The summed E-state index contributed by atoms with van der Waals surface area (Å²) in [4.78, 5) is 14.1. The Balaban J connectivity index is 1.48. The Kier molecular flexibility index (Phi) is 5.19. The van der Waals surface area contributed by atoms with Gasteiger partial charge in [0.25, 0.3) is 11.8 Å². The Labute approximate surface area is 187 Å². The van der Waals surface area contributed by atoms with Gasteiger partial charge in [0.05, 0.1) is 6.26 Å². The van der Waals surface area contributed by atoms with Crippen molar-refractivity contribution in [2.24, 2.45) is 0 Å². The SMILES string of the molecule is O=C(c1ccc(-c2cc(-c3cc(F)ccc3F)c3occc3c2)cc1)N1CCC(F)(F)CC1. The third-order valence-corrected chi connectivity index (χ3v) is 6.02. The van der Waals surface area contributed by atoms with Crippen LogP contribution in [0.3, 0.4) is 0 Å². The predicted octanol–water partition coefficient (Wildman–Crippen LogP) is 6.92. The van der Waals surface area contributed by atoms with Crippen molar-refractivity contribution >= 4 is 16.9 Å². The Morgan fingerprint density at radius 2 is 1.58 bits per heavy atom. The molecule has 168 valence electrons. The minimum Gasteiger partial charge on any atom is -0.464 e. The Morgan fingerprint density at radius 1 is 0.848 bits per heavy atom. The summed E-state index contributed by atoms with van der Waals surface area (Å²) >= 11 is 0. The topological polar surface area (TPSA) is 33.5 Å². The molecule has 1 fully saturated rings. The van der Waals surface area contributed by atoms with E-state index in [1.807, 2.05) is 6.07 Å². The summed E-state index contributed by atoms with van der Waals surface area (Å²) in [6.07, 6.45) is 0.820. The van der Waals surface area contributed by atoms with E-state index in [9.17, 15) is 22.4 Å². The van der Waals surface area contributed by atoms with E-state index >= 15 is 0 Å². The second kappa shape index (κ2) is 8.06. The average molecular weight is 453 g/mol. The molecule has 1 amide bonds. The molecule has 4 aromatic rings. The van der Waals surface area contributed by atoms with Crippen LogP contribution in [-0.2, 0) is 0 Å². The number of fused-ring (bicyclic) bond motifs is 1. The Hall–Kier alpha value is -3.61. The Bertz CT molecular complexity index is 1330. The molecule has 0 saturated carbocycles. The number of carbonyl (C=O) groups excluding carboxylic acids is 1. The number of hydrogen-bond donors (Lipinski definition) is 0. The molecule has 3 nitrogen and oxygen atoms in total. The molecule has 1 saturated heterocycles. The van der Waals surface area contributed by atoms with Gasteiger partial charge in [0.1, 0.15) is 17.2 Å². The highest BCUT2D eigenvalue weighted by Gasteiger charge is 2.35. The number of halogens is 4. The van der Waals surface area contributed by atoms with Crippen LogP contribution in [-0.4, -0.2) is 29.8 Å². The summed E-state index contributed by atoms with van der Waals surface area (Å²) in [5, 5.41) is 0.723. The maximum absolute atomic E-state index is 14.5. The number of nitrogens with zero attached hydrogens (tertiary/aromatic N) is 1. The number of hydrogen-bond acceptors (Lipinski definition) is 2. The summed E-state index contributed by atoms with van der Waals surface area (Å²) in [6.45, 7) is 0.0423. The number of furan rings is 1. The van der Waals surface area contributed by atoms with E-state index in [0.29, 0.717) is 16.7 Å². The molecule has 1 aliphatic rings. The molecule has 0 radical (unpaired) electrons. The van der Waals surface area contributed by atoms with Gasteiger partial charge in [-0.05, 0) is 59.7 Å².